The highest BCUT2D eigenvalue weighted by Crippen LogP contribution is 2.26. The third-order valence-corrected chi connectivity index (χ3v) is 6.24. The molecule has 0 saturated carbocycles. The molecule has 6 rings (SSSR count). The van der Waals surface area contributed by atoms with E-state index in [1.807, 2.05) is 88.9 Å². The number of nitrogens with zero attached hydrogens (tertiary/aromatic N) is 4. The summed E-state index contributed by atoms with van der Waals surface area (Å²) in [4.78, 5) is 27.7. The van der Waals surface area contributed by atoms with Gasteiger partial charge in [-0.2, -0.15) is 0 Å². The molecule has 0 bridgehead atoms. The largest absolute Gasteiger partial charge is 0.322 e. The Labute approximate surface area is 193 Å². The number of para-hydroxylation sites is 1. The average molecular weight is 448 g/mol. The first-order valence-corrected chi connectivity index (χ1v) is 11.3. The standard InChI is InChI=1S/C26H17N5OS/c32-25(28-19-7-5-17(6-8-19)24-16-31-13-14-33-26(31)30-24)21-15-23(18-9-11-27-12-10-18)29-22-4-2-1-3-20(21)22/h1-16H,(H,28,32). The van der Waals surface area contributed by atoms with Crippen LogP contribution < -0.4 is 5.32 Å². The lowest BCUT2D eigenvalue weighted by Gasteiger charge is -2.11. The maximum absolute atomic E-state index is 13.3. The van der Waals surface area contributed by atoms with Crippen LogP contribution in [-0.4, -0.2) is 25.3 Å². The van der Waals surface area contributed by atoms with Gasteiger partial charge in [-0.15, -0.1) is 11.3 Å². The van der Waals surface area contributed by atoms with Gasteiger partial charge in [0, 0.05) is 52.4 Å². The molecule has 0 saturated heterocycles. The topological polar surface area (TPSA) is 72.2 Å². The monoisotopic (exact) mass is 447 g/mol. The highest BCUT2D eigenvalue weighted by atomic mass is 32.1. The van der Waals surface area contributed by atoms with Crippen molar-refractivity contribution >= 4 is 38.8 Å². The van der Waals surface area contributed by atoms with E-state index in [0.29, 0.717) is 5.56 Å². The zero-order chi connectivity index (χ0) is 22.2. The Morgan fingerprint density at radius 3 is 2.48 bits per heavy atom. The molecule has 4 heterocycles. The summed E-state index contributed by atoms with van der Waals surface area (Å²) in [6.45, 7) is 0. The summed E-state index contributed by atoms with van der Waals surface area (Å²) in [5, 5.41) is 5.84. The number of carbonyl (C=O) groups is 1. The van der Waals surface area contributed by atoms with E-state index >= 15 is 0 Å². The van der Waals surface area contributed by atoms with Gasteiger partial charge in [0.15, 0.2) is 4.96 Å². The predicted octanol–water partition coefficient (Wildman–Crippen LogP) is 5.93. The normalized spacial score (nSPS) is 11.2. The predicted molar refractivity (Wildman–Crippen MR) is 131 cm³/mol. The highest BCUT2D eigenvalue weighted by molar-refractivity contribution is 7.15. The van der Waals surface area contributed by atoms with Crippen LogP contribution in [0.1, 0.15) is 10.4 Å². The van der Waals surface area contributed by atoms with Crippen LogP contribution in [0.3, 0.4) is 0 Å². The van der Waals surface area contributed by atoms with Gasteiger partial charge in [0.1, 0.15) is 0 Å². The van der Waals surface area contributed by atoms with Crippen molar-refractivity contribution in [3.63, 3.8) is 0 Å². The van der Waals surface area contributed by atoms with Gasteiger partial charge in [-0.05, 0) is 36.4 Å². The van der Waals surface area contributed by atoms with E-state index in [4.69, 9.17) is 4.98 Å². The van der Waals surface area contributed by atoms with Gasteiger partial charge in [-0.25, -0.2) is 9.97 Å². The molecule has 158 valence electrons. The molecular formula is C26H17N5OS. The molecule has 0 radical (unpaired) electrons. The van der Waals surface area contributed by atoms with E-state index in [2.05, 4.69) is 15.3 Å². The molecule has 0 unspecified atom stereocenters. The van der Waals surface area contributed by atoms with Gasteiger partial charge in [0.25, 0.3) is 5.91 Å². The molecule has 0 aliphatic rings. The van der Waals surface area contributed by atoms with Crippen molar-refractivity contribution in [2.24, 2.45) is 0 Å². The molecule has 0 spiro atoms. The molecule has 6 aromatic rings. The van der Waals surface area contributed by atoms with Crippen molar-refractivity contribution in [2.45, 2.75) is 0 Å². The molecule has 0 fully saturated rings. The van der Waals surface area contributed by atoms with Crippen LogP contribution in [0.5, 0.6) is 0 Å². The Hall–Kier alpha value is -4.36. The number of pyridine rings is 2. The number of aromatic nitrogens is 4. The number of thiazole rings is 1. The molecule has 6 nitrogen and oxygen atoms in total. The lowest BCUT2D eigenvalue weighted by atomic mass is 10.0. The number of hydrogen-bond donors (Lipinski definition) is 1. The smallest absolute Gasteiger partial charge is 0.256 e. The maximum Gasteiger partial charge on any atom is 0.256 e. The van der Waals surface area contributed by atoms with E-state index in [-0.39, 0.29) is 5.91 Å². The summed E-state index contributed by atoms with van der Waals surface area (Å²) < 4.78 is 2.00. The van der Waals surface area contributed by atoms with Gasteiger partial charge in [0.2, 0.25) is 0 Å². The Balaban J connectivity index is 1.32. The Morgan fingerprint density at radius 2 is 1.67 bits per heavy atom. The average Bonchev–Trinajstić information content (AvgIpc) is 3.47. The SMILES string of the molecule is O=C(Nc1ccc(-c2cn3ccsc3n2)cc1)c1cc(-c2ccncc2)nc2ccccc12. The summed E-state index contributed by atoms with van der Waals surface area (Å²) >= 11 is 1.60. The van der Waals surface area contributed by atoms with Gasteiger partial charge in [0.05, 0.1) is 22.5 Å². The van der Waals surface area contributed by atoms with Crippen molar-refractivity contribution in [1.82, 2.24) is 19.4 Å². The molecule has 1 N–H and O–H groups in total. The van der Waals surface area contributed by atoms with Crippen LogP contribution in [0.25, 0.3) is 38.4 Å². The number of fused-ring (bicyclic) bond motifs is 2. The van der Waals surface area contributed by atoms with Crippen LogP contribution in [0.15, 0.2) is 96.9 Å². The third kappa shape index (κ3) is 3.64. The van der Waals surface area contributed by atoms with Crippen LogP contribution in [-0.2, 0) is 0 Å². The second kappa shape index (κ2) is 7.96. The fourth-order valence-electron chi connectivity index (χ4n) is 3.82. The fraction of sp³-hybridized carbons (Fsp3) is 0. The van der Waals surface area contributed by atoms with E-state index in [9.17, 15) is 4.79 Å². The minimum atomic E-state index is -0.181. The molecule has 1 amide bonds. The van der Waals surface area contributed by atoms with Crippen LogP contribution in [0, 0.1) is 0 Å². The van der Waals surface area contributed by atoms with Crippen molar-refractivity contribution < 1.29 is 4.79 Å². The summed E-state index contributed by atoms with van der Waals surface area (Å²) in [5.41, 5.74) is 5.61. The van der Waals surface area contributed by atoms with E-state index in [1.165, 1.54) is 0 Å². The van der Waals surface area contributed by atoms with Crippen molar-refractivity contribution in [3.8, 4) is 22.5 Å². The van der Waals surface area contributed by atoms with E-state index < -0.39 is 0 Å². The minimum absolute atomic E-state index is 0.181. The molecular weight excluding hydrogens is 430 g/mol. The van der Waals surface area contributed by atoms with E-state index in [1.54, 1.807) is 23.7 Å². The number of anilines is 1. The number of benzene rings is 2. The quantitative estimate of drug-likeness (QED) is 0.364. The number of imidazole rings is 1. The highest BCUT2D eigenvalue weighted by Gasteiger charge is 2.14. The number of rotatable bonds is 4. The minimum Gasteiger partial charge on any atom is -0.322 e. The molecule has 0 aliphatic heterocycles. The summed E-state index contributed by atoms with van der Waals surface area (Å²) in [6.07, 6.45) is 7.43. The second-order valence-corrected chi connectivity index (χ2v) is 8.43. The first-order chi connectivity index (χ1) is 16.2. The van der Waals surface area contributed by atoms with Crippen LogP contribution >= 0.6 is 11.3 Å². The zero-order valence-electron chi connectivity index (χ0n) is 17.3. The summed E-state index contributed by atoms with van der Waals surface area (Å²) in [7, 11) is 0. The van der Waals surface area contributed by atoms with Gasteiger partial charge < -0.3 is 5.32 Å². The van der Waals surface area contributed by atoms with Gasteiger partial charge in [-0.3, -0.25) is 14.2 Å². The molecule has 7 heteroatoms. The Kier molecular flexibility index (Phi) is 4.66. The first-order valence-electron chi connectivity index (χ1n) is 10.4. The van der Waals surface area contributed by atoms with Crippen molar-refractivity contribution in [3.05, 3.63) is 102 Å². The second-order valence-electron chi connectivity index (χ2n) is 7.56. The molecule has 33 heavy (non-hydrogen) atoms. The number of hydrogen-bond acceptors (Lipinski definition) is 5. The van der Waals surface area contributed by atoms with Crippen LogP contribution in [0.2, 0.25) is 0 Å². The third-order valence-electron chi connectivity index (χ3n) is 5.47. The summed E-state index contributed by atoms with van der Waals surface area (Å²) in [5.74, 6) is -0.181. The van der Waals surface area contributed by atoms with Crippen LogP contribution in [0.4, 0.5) is 5.69 Å². The molecule has 2 aromatic carbocycles. The van der Waals surface area contributed by atoms with Crippen molar-refractivity contribution in [2.75, 3.05) is 5.32 Å². The summed E-state index contributed by atoms with van der Waals surface area (Å²) in [6, 6.07) is 21.0. The lowest BCUT2D eigenvalue weighted by Crippen LogP contribution is -2.13. The Bertz CT molecular complexity index is 1570. The maximum atomic E-state index is 13.3. The lowest BCUT2D eigenvalue weighted by molar-refractivity contribution is 0.102. The fourth-order valence-corrected chi connectivity index (χ4v) is 4.52. The number of carbonyl (C=O) groups excluding carboxylic acids is 1. The zero-order valence-corrected chi connectivity index (χ0v) is 18.2. The number of amides is 1. The van der Waals surface area contributed by atoms with Gasteiger partial charge >= 0.3 is 0 Å². The first kappa shape index (κ1) is 19.3. The molecule has 0 atom stereocenters. The number of nitrogens with one attached hydrogen (secondary N) is 1. The molecule has 4 aromatic heterocycles. The van der Waals surface area contributed by atoms with Gasteiger partial charge in [-0.1, -0.05) is 30.3 Å². The Morgan fingerprint density at radius 1 is 0.879 bits per heavy atom. The van der Waals surface area contributed by atoms with Crippen molar-refractivity contribution in [1.29, 1.82) is 0 Å². The molecule has 0 aliphatic carbocycles. The van der Waals surface area contributed by atoms with E-state index in [0.717, 1.165) is 44.1 Å².